The maximum Gasteiger partial charge on any atom is 0.324 e. The number of hydrogen-bond donors (Lipinski definition) is 4. The lowest BCUT2D eigenvalue weighted by Gasteiger charge is -2.40. The monoisotopic (exact) mass is 397 g/mol. The number of H-pyrrole nitrogens is 1. The van der Waals surface area contributed by atoms with E-state index >= 15 is 0 Å². The lowest BCUT2D eigenvalue weighted by Crippen LogP contribution is -2.54. The predicted molar refractivity (Wildman–Crippen MR) is 114 cm³/mol. The molecule has 4 N–H and O–H groups in total. The van der Waals surface area contributed by atoms with Crippen molar-refractivity contribution in [1.82, 2.24) is 25.8 Å². The highest BCUT2D eigenvalue weighted by Gasteiger charge is 2.40. The third-order valence-electron chi connectivity index (χ3n) is 6.31. The fourth-order valence-corrected chi connectivity index (χ4v) is 4.92. The summed E-state index contributed by atoms with van der Waals surface area (Å²) in [6.07, 6.45) is 4.62. The van der Waals surface area contributed by atoms with Gasteiger partial charge in [-0.25, -0.2) is 4.79 Å². The molecule has 2 aromatic rings. The minimum absolute atomic E-state index is 0.0648. The van der Waals surface area contributed by atoms with Gasteiger partial charge in [-0.2, -0.15) is 0 Å². The molecule has 1 fully saturated rings. The number of imide groups is 1. The van der Waals surface area contributed by atoms with Crippen molar-refractivity contribution in [2.45, 2.75) is 38.1 Å². The van der Waals surface area contributed by atoms with E-state index < -0.39 is 0 Å². The summed E-state index contributed by atoms with van der Waals surface area (Å²) in [7, 11) is 1.88. The zero-order valence-electron chi connectivity index (χ0n) is 17.3. The standard InChI is InChI=1S/C22H31N5O2/c1-3-24-22(29)27(9-5-8-23-2)21(28)15-10-17-16-6-4-7-18-20(16)14(12-25-18)11-19(17)26-13-15/h4,6-7,12,15,17,19,23,25-26H,3,5,8-11,13H2,1-2H3,(H,24,29)/t15-,17-,19-/m1/s1. The average molecular weight is 398 g/mol. The molecule has 4 rings (SSSR count). The largest absolute Gasteiger partial charge is 0.361 e. The van der Waals surface area contributed by atoms with Crippen molar-refractivity contribution in [3.05, 3.63) is 35.5 Å². The van der Waals surface area contributed by atoms with Crippen LogP contribution < -0.4 is 16.0 Å². The summed E-state index contributed by atoms with van der Waals surface area (Å²) in [5.41, 5.74) is 3.84. The van der Waals surface area contributed by atoms with Crippen LogP contribution in [-0.2, 0) is 11.2 Å². The van der Waals surface area contributed by atoms with E-state index in [-0.39, 0.29) is 23.8 Å². The van der Waals surface area contributed by atoms with Crippen LogP contribution in [0.25, 0.3) is 10.9 Å². The smallest absolute Gasteiger partial charge is 0.324 e. The first kappa shape index (κ1) is 19.9. The molecule has 0 bridgehead atoms. The van der Waals surface area contributed by atoms with Crippen LogP contribution >= 0.6 is 0 Å². The maximum atomic E-state index is 13.3. The van der Waals surface area contributed by atoms with Crippen molar-refractivity contribution >= 4 is 22.8 Å². The van der Waals surface area contributed by atoms with Crippen molar-refractivity contribution in [3.8, 4) is 0 Å². The van der Waals surface area contributed by atoms with Crippen LogP contribution in [0.5, 0.6) is 0 Å². The van der Waals surface area contributed by atoms with Crippen LogP contribution in [0.1, 0.15) is 36.8 Å². The van der Waals surface area contributed by atoms with Crippen molar-refractivity contribution in [1.29, 1.82) is 0 Å². The molecule has 0 unspecified atom stereocenters. The van der Waals surface area contributed by atoms with E-state index in [0.717, 1.165) is 25.8 Å². The van der Waals surface area contributed by atoms with Gasteiger partial charge >= 0.3 is 6.03 Å². The van der Waals surface area contributed by atoms with Gasteiger partial charge in [0.25, 0.3) is 0 Å². The molecule has 0 saturated carbocycles. The molecule has 2 heterocycles. The molecule has 3 atom stereocenters. The molecule has 1 aliphatic heterocycles. The fraction of sp³-hybridized carbons (Fsp3) is 0.545. The highest BCUT2D eigenvalue weighted by Crippen LogP contribution is 2.42. The third kappa shape index (κ3) is 3.76. The van der Waals surface area contributed by atoms with Gasteiger partial charge in [-0.05, 0) is 57.0 Å². The van der Waals surface area contributed by atoms with Gasteiger partial charge in [-0.1, -0.05) is 12.1 Å². The second kappa shape index (κ2) is 8.55. The maximum absolute atomic E-state index is 13.3. The number of nitrogens with one attached hydrogen (secondary N) is 4. The molecule has 156 valence electrons. The van der Waals surface area contributed by atoms with Crippen LogP contribution in [0.4, 0.5) is 4.79 Å². The highest BCUT2D eigenvalue weighted by atomic mass is 16.2. The minimum Gasteiger partial charge on any atom is -0.361 e. The summed E-state index contributed by atoms with van der Waals surface area (Å²) in [5.74, 6) is 0.0346. The first-order chi connectivity index (χ1) is 14.1. The molecule has 1 aromatic heterocycles. The minimum atomic E-state index is -0.283. The quantitative estimate of drug-likeness (QED) is 0.561. The Bertz CT molecular complexity index is 892. The fourth-order valence-electron chi connectivity index (χ4n) is 4.92. The third-order valence-corrected chi connectivity index (χ3v) is 6.31. The van der Waals surface area contributed by atoms with Gasteiger partial charge in [-0.3, -0.25) is 9.69 Å². The summed E-state index contributed by atoms with van der Waals surface area (Å²) >= 11 is 0. The van der Waals surface area contributed by atoms with Crippen molar-refractivity contribution in [2.75, 3.05) is 33.2 Å². The number of hydrogen-bond acceptors (Lipinski definition) is 4. The highest BCUT2D eigenvalue weighted by molar-refractivity contribution is 5.96. The number of aromatic amines is 1. The first-order valence-electron chi connectivity index (χ1n) is 10.7. The normalized spacial score (nSPS) is 22.9. The molecule has 7 nitrogen and oxygen atoms in total. The summed E-state index contributed by atoms with van der Waals surface area (Å²) in [5, 5.41) is 10.8. The van der Waals surface area contributed by atoms with Crippen molar-refractivity contribution in [3.63, 3.8) is 0 Å². The van der Waals surface area contributed by atoms with Gasteiger partial charge < -0.3 is 20.9 Å². The molecule has 2 aliphatic rings. The Morgan fingerprint density at radius 2 is 2.17 bits per heavy atom. The van der Waals surface area contributed by atoms with Crippen LogP contribution in [-0.4, -0.2) is 61.1 Å². The number of nitrogens with zero attached hydrogens (tertiary/aromatic N) is 1. The molecule has 7 heteroatoms. The number of aromatic nitrogens is 1. The van der Waals surface area contributed by atoms with E-state index in [0.29, 0.717) is 25.7 Å². The van der Waals surface area contributed by atoms with Crippen LogP contribution in [0.15, 0.2) is 24.4 Å². The molecule has 1 aliphatic carbocycles. The average Bonchev–Trinajstić information content (AvgIpc) is 3.15. The van der Waals surface area contributed by atoms with E-state index in [1.54, 1.807) is 0 Å². The Labute approximate surface area is 171 Å². The molecular weight excluding hydrogens is 366 g/mol. The zero-order chi connectivity index (χ0) is 20.4. The molecule has 3 amide bonds. The van der Waals surface area contributed by atoms with Crippen LogP contribution in [0, 0.1) is 5.92 Å². The predicted octanol–water partition coefficient (Wildman–Crippen LogP) is 1.95. The Balaban J connectivity index is 1.54. The molecule has 1 saturated heterocycles. The number of fused-ring (bicyclic) bond motifs is 2. The van der Waals surface area contributed by atoms with Gasteiger partial charge in [-0.15, -0.1) is 0 Å². The number of amides is 3. The summed E-state index contributed by atoms with van der Waals surface area (Å²) in [6, 6.07) is 6.45. The Hall–Kier alpha value is -2.38. The summed E-state index contributed by atoms with van der Waals surface area (Å²) < 4.78 is 0. The lowest BCUT2D eigenvalue weighted by molar-refractivity contribution is -0.133. The van der Waals surface area contributed by atoms with Gasteiger partial charge in [0.05, 0.1) is 5.92 Å². The number of urea groups is 1. The Kier molecular flexibility index (Phi) is 5.87. The number of carbonyl (C=O) groups is 2. The van der Waals surface area contributed by atoms with E-state index in [1.807, 2.05) is 14.0 Å². The van der Waals surface area contributed by atoms with Gasteiger partial charge in [0.1, 0.15) is 0 Å². The number of rotatable bonds is 6. The SMILES string of the molecule is CCNC(=O)N(CCCNC)C(=O)[C@H]1CN[C@@H]2Cc3c[nH]c4cccc(c34)[C@H]2C1. The second-order valence-corrected chi connectivity index (χ2v) is 8.12. The lowest BCUT2D eigenvalue weighted by atomic mass is 9.73. The Morgan fingerprint density at radius 1 is 1.31 bits per heavy atom. The Morgan fingerprint density at radius 3 is 2.97 bits per heavy atom. The van der Waals surface area contributed by atoms with E-state index in [4.69, 9.17) is 0 Å². The molecule has 1 aromatic carbocycles. The van der Waals surface area contributed by atoms with E-state index in [1.165, 1.54) is 26.9 Å². The number of carbonyl (C=O) groups excluding carboxylic acids is 2. The first-order valence-corrected chi connectivity index (χ1v) is 10.7. The number of piperidine rings is 1. The van der Waals surface area contributed by atoms with Gasteiger partial charge in [0, 0.05) is 48.7 Å². The van der Waals surface area contributed by atoms with Crippen molar-refractivity contribution < 1.29 is 9.59 Å². The topological polar surface area (TPSA) is 89.3 Å². The van der Waals surface area contributed by atoms with Crippen LogP contribution in [0.2, 0.25) is 0 Å². The molecular formula is C22H31N5O2. The second-order valence-electron chi connectivity index (χ2n) is 8.12. The van der Waals surface area contributed by atoms with Crippen LogP contribution in [0.3, 0.4) is 0 Å². The molecule has 0 radical (unpaired) electrons. The van der Waals surface area contributed by atoms with Gasteiger partial charge in [0.2, 0.25) is 5.91 Å². The van der Waals surface area contributed by atoms with Gasteiger partial charge in [0.15, 0.2) is 0 Å². The zero-order valence-corrected chi connectivity index (χ0v) is 17.3. The van der Waals surface area contributed by atoms with Crippen molar-refractivity contribution in [2.24, 2.45) is 5.92 Å². The van der Waals surface area contributed by atoms with E-state index in [2.05, 4.69) is 45.3 Å². The molecule has 0 spiro atoms. The van der Waals surface area contributed by atoms with E-state index in [9.17, 15) is 9.59 Å². The summed E-state index contributed by atoms with van der Waals surface area (Å²) in [4.78, 5) is 30.6. The molecule has 29 heavy (non-hydrogen) atoms. The number of benzene rings is 1. The summed E-state index contributed by atoms with van der Waals surface area (Å²) in [6.45, 7) is 4.22.